The lowest BCUT2D eigenvalue weighted by Crippen LogP contribution is -2.16. The Hall–Kier alpha value is -2.52. The van der Waals surface area contributed by atoms with E-state index >= 15 is 0 Å². The van der Waals surface area contributed by atoms with Crippen molar-refractivity contribution < 1.29 is 0 Å². The predicted molar refractivity (Wildman–Crippen MR) is 102 cm³/mol. The Bertz CT molecular complexity index is 1030. The van der Waals surface area contributed by atoms with Crippen LogP contribution in [0.15, 0.2) is 60.8 Å². The highest BCUT2D eigenvalue weighted by Crippen LogP contribution is 2.37. The van der Waals surface area contributed by atoms with E-state index in [0.717, 1.165) is 47.1 Å². The van der Waals surface area contributed by atoms with E-state index in [1.165, 1.54) is 10.9 Å². The van der Waals surface area contributed by atoms with E-state index in [0.29, 0.717) is 0 Å². The van der Waals surface area contributed by atoms with Gasteiger partial charge >= 0.3 is 0 Å². The van der Waals surface area contributed by atoms with Crippen LogP contribution in [0.25, 0.3) is 22.3 Å². The number of fused-ring (bicyclic) bond motifs is 2. The van der Waals surface area contributed by atoms with E-state index in [-0.39, 0.29) is 5.92 Å². The Labute approximate surface area is 151 Å². The molecule has 4 heteroatoms. The number of aromatic amines is 1. The molecule has 5 rings (SSSR count). The molecule has 2 aromatic heterocycles. The van der Waals surface area contributed by atoms with Crippen LogP contribution in [0.4, 0.5) is 0 Å². The van der Waals surface area contributed by atoms with E-state index in [1.54, 1.807) is 0 Å². The molecule has 1 atom stereocenters. The molecule has 0 amide bonds. The van der Waals surface area contributed by atoms with Crippen molar-refractivity contribution in [3.63, 3.8) is 0 Å². The van der Waals surface area contributed by atoms with Crippen LogP contribution in [0.3, 0.4) is 0 Å². The van der Waals surface area contributed by atoms with E-state index in [1.807, 2.05) is 18.2 Å². The van der Waals surface area contributed by atoms with Crippen molar-refractivity contribution in [2.45, 2.75) is 25.3 Å². The van der Waals surface area contributed by atoms with Gasteiger partial charge in [-0.15, -0.1) is 0 Å². The summed E-state index contributed by atoms with van der Waals surface area (Å²) < 4.78 is 2.29. The average molecular weight is 348 g/mol. The topological polar surface area (TPSA) is 33.6 Å². The van der Waals surface area contributed by atoms with Crippen LogP contribution in [0.2, 0.25) is 5.02 Å². The number of nitrogens with zero attached hydrogens (tertiary/aromatic N) is 2. The number of benzene rings is 2. The van der Waals surface area contributed by atoms with Crippen LogP contribution in [-0.2, 0) is 6.54 Å². The van der Waals surface area contributed by atoms with Gasteiger partial charge in [0, 0.05) is 34.6 Å². The standard InChI is InChI=1S/C21H18ClN3/c22-17-9-3-2-7-15(17)16-8-5-11-25-13-20(24-21(16)25)19-12-14-6-1-4-10-18(14)23-19/h1-4,6-7,9-10,12-13,16,23H,5,8,11H2. The predicted octanol–water partition coefficient (Wildman–Crippen LogP) is 5.61. The van der Waals surface area contributed by atoms with Crippen molar-refractivity contribution in [2.24, 2.45) is 0 Å². The SMILES string of the molecule is Clc1ccccc1C1CCCn2cc(-c3cc4ccccc4[nH]3)nc21. The molecule has 1 unspecified atom stereocenters. The number of aromatic nitrogens is 3. The zero-order valence-electron chi connectivity index (χ0n) is 13.7. The number of nitrogens with one attached hydrogen (secondary N) is 1. The Balaban J connectivity index is 1.60. The van der Waals surface area contributed by atoms with E-state index in [4.69, 9.17) is 16.6 Å². The van der Waals surface area contributed by atoms with Gasteiger partial charge in [0.2, 0.25) is 0 Å². The summed E-state index contributed by atoms with van der Waals surface area (Å²) >= 11 is 6.46. The van der Waals surface area contributed by atoms with Gasteiger partial charge in [-0.1, -0.05) is 48.0 Å². The van der Waals surface area contributed by atoms with Crippen LogP contribution in [-0.4, -0.2) is 14.5 Å². The molecule has 4 aromatic rings. The fourth-order valence-electron chi connectivity index (χ4n) is 3.88. The first-order chi connectivity index (χ1) is 12.3. The lowest BCUT2D eigenvalue weighted by atomic mass is 9.91. The maximum absolute atomic E-state index is 6.46. The van der Waals surface area contributed by atoms with Crippen LogP contribution in [0.5, 0.6) is 0 Å². The molecule has 1 N–H and O–H groups in total. The minimum absolute atomic E-state index is 0.264. The maximum atomic E-state index is 6.46. The highest BCUT2D eigenvalue weighted by Gasteiger charge is 2.26. The molecule has 0 bridgehead atoms. The minimum atomic E-state index is 0.264. The first kappa shape index (κ1) is 14.8. The molecule has 0 radical (unpaired) electrons. The van der Waals surface area contributed by atoms with E-state index in [2.05, 4.69) is 52.1 Å². The molecular weight excluding hydrogens is 330 g/mol. The fraction of sp³-hybridized carbons (Fsp3) is 0.190. The molecule has 1 aliphatic rings. The lowest BCUT2D eigenvalue weighted by Gasteiger charge is -2.24. The van der Waals surface area contributed by atoms with Gasteiger partial charge in [0.05, 0.1) is 5.69 Å². The summed E-state index contributed by atoms with van der Waals surface area (Å²) in [6.45, 7) is 1.02. The second-order valence-electron chi connectivity index (χ2n) is 6.66. The van der Waals surface area contributed by atoms with Crippen LogP contribution in [0.1, 0.15) is 30.1 Å². The Morgan fingerprint density at radius 3 is 2.80 bits per heavy atom. The molecule has 3 heterocycles. The summed E-state index contributed by atoms with van der Waals surface area (Å²) in [5.74, 6) is 1.38. The number of rotatable bonds is 2. The number of imidazole rings is 1. The first-order valence-electron chi connectivity index (χ1n) is 8.69. The summed E-state index contributed by atoms with van der Waals surface area (Å²) in [4.78, 5) is 8.47. The van der Waals surface area contributed by atoms with E-state index < -0.39 is 0 Å². The molecule has 3 nitrogen and oxygen atoms in total. The largest absolute Gasteiger partial charge is 0.353 e. The fourth-order valence-corrected chi connectivity index (χ4v) is 4.14. The van der Waals surface area contributed by atoms with Crippen LogP contribution in [0, 0.1) is 0 Å². The zero-order chi connectivity index (χ0) is 16.8. The van der Waals surface area contributed by atoms with Gasteiger partial charge < -0.3 is 9.55 Å². The van der Waals surface area contributed by atoms with Gasteiger partial charge in [-0.2, -0.15) is 0 Å². The second-order valence-corrected chi connectivity index (χ2v) is 7.07. The molecule has 0 saturated heterocycles. The summed E-state index contributed by atoms with van der Waals surface area (Å²) in [5, 5.41) is 2.04. The van der Waals surface area contributed by atoms with Crippen molar-refractivity contribution >= 4 is 22.5 Å². The van der Waals surface area contributed by atoms with Crippen molar-refractivity contribution in [3.05, 3.63) is 77.2 Å². The monoisotopic (exact) mass is 347 g/mol. The molecule has 0 saturated carbocycles. The molecule has 2 aromatic carbocycles. The van der Waals surface area contributed by atoms with Crippen molar-refractivity contribution in [1.29, 1.82) is 0 Å². The summed E-state index contributed by atoms with van der Waals surface area (Å²) in [6, 6.07) is 18.6. The lowest BCUT2D eigenvalue weighted by molar-refractivity contribution is 0.480. The van der Waals surface area contributed by atoms with E-state index in [9.17, 15) is 0 Å². The van der Waals surface area contributed by atoms with Gasteiger partial charge in [-0.3, -0.25) is 0 Å². The molecule has 0 aliphatic carbocycles. The summed E-state index contributed by atoms with van der Waals surface area (Å²) in [7, 11) is 0. The van der Waals surface area contributed by atoms with Gasteiger partial charge in [-0.05, 0) is 36.6 Å². The number of para-hydroxylation sites is 1. The second kappa shape index (κ2) is 5.78. The van der Waals surface area contributed by atoms with Gasteiger partial charge in [-0.25, -0.2) is 4.98 Å². The quantitative estimate of drug-likeness (QED) is 0.502. The van der Waals surface area contributed by atoms with Crippen LogP contribution >= 0.6 is 11.6 Å². The highest BCUT2D eigenvalue weighted by atomic mass is 35.5. The van der Waals surface area contributed by atoms with Crippen LogP contribution < -0.4 is 0 Å². The number of hydrogen-bond donors (Lipinski definition) is 1. The third-order valence-electron chi connectivity index (χ3n) is 5.10. The number of hydrogen-bond acceptors (Lipinski definition) is 1. The highest BCUT2D eigenvalue weighted by molar-refractivity contribution is 6.31. The number of H-pyrrole nitrogens is 1. The van der Waals surface area contributed by atoms with Gasteiger partial charge in [0.1, 0.15) is 11.5 Å². The number of halogens is 1. The molecule has 1 aliphatic heterocycles. The van der Waals surface area contributed by atoms with Crippen molar-refractivity contribution in [1.82, 2.24) is 14.5 Å². The van der Waals surface area contributed by atoms with Gasteiger partial charge in [0.25, 0.3) is 0 Å². The molecule has 25 heavy (non-hydrogen) atoms. The summed E-state index contributed by atoms with van der Waals surface area (Å²) in [6.07, 6.45) is 4.40. The Kier molecular flexibility index (Phi) is 3.42. The molecule has 0 fully saturated rings. The summed E-state index contributed by atoms with van der Waals surface area (Å²) in [5.41, 5.74) is 4.40. The molecule has 0 spiro atoms. The minimum Gasteiger partial charge on any atom is -0.353 e. The smallest absolute Gasteiger partial charge is 0.117 e. The Morgan fingerprint density at radius 1 is 1.08 bits per heavy atom. The third-order valence-corrected chi connectivity index (χ3v) is 5.44. The van der Waals surface area contributed by atoms with Crippen molar-refractivity contribution in [2.75, 3.05) is 0 Å². The Morgan fingerprint density at radius 2 is 1.92 bits per heavy atom. The van der Waals surface area contributed by atoms with Crippen molar-refractivity contribution in [3.8, 4) is 11.4 Å². The molecular formula is C21H18ClN3. The number of aryl methyl sites for hydroxylation is 1. The average Bonchev–Trinajstić information content (AvgIpc) is 3.25. The molecule has 124 valence electrons. The third kappa shape index (κ3) is 2.47. The zero-order valence-corrected chi connectivity index (χ0v) is 14.5. The maximum Gasteiger partial charge on any atom is 0.117 e. The first-order valence-corrected chi connectivity index (χ1v) is 9.07. The normalized spacial score (nSPS) is 16.9. The van der Waals surface area contributed by atoms with Gasteiger partial charge in [0.15, 0.2) is 0 Å².